The second-order valence-corrected chi connectivity index (χ2v) is 7.33. The predicted molar refractivity (Wildman–Crippen MR) is 124 cm³/mol. The largest absolute Gasteiger partial charge is 0.493 e. The minimum atomic E-state index is -1.07. The fraction of sp³-hybridized carbons (Fsp3) is 0.240. The van der Waals surface area contributed by atoms with E-state index >= 15 is 0 Å². The van der Waals surface area contributed by atoms with Crippen LogP contribution >= 0.6 is 0 Å². The molecule has 3 aromatic rings. The lowest BCUT2D eigenvalue weighted by atomic mass is 10.0. The van der Waals surface area contributed by atoms with E-state index in [0.29, 0.717) is 12.4 Å². The normalized spacial score (nSPS) is 12.0. The van der Waals surface area contributed by atoms with Crippen LogP contribution < -0.4 is 15.5 Å². The molecule has 0 heterocycles. The van der Waals surface area contributed by atoms with Crippen molar-refractivity contribution in [2.45, 2.75) is 26.7 Å². The molecular formula is C25H26FN3O3. The highest BCUT2D eigenvalue weighted by Crippen LogP contribution is 2.27. The standard InChI is InChI=1S/C25H26FN3O3/c1-3-4-15-32-23-14-13-18-9-5-6-10-19(18)20(23)16-27-29-25(31)17(2)24(30)28-22-12-8-7-11-21(22)26/h5-14,16-17H,3-4,15H2,1-2H3,(H,28,30)(H,29,31). The molecule has 0 radical (unpaired) electrons. The van der Waals surface area contributed by atoms with E-state index in [1.54, 1.807) is 6.07 Å². The van der Waals surface area contributed by atoms with Crippen LogP contribution in [-0.4, -0.2) is 24.6 Å². The Morgan fingerprint density at radius 2 is 1.81 bits per heavy atom. The highest BCUT2D eigenvalue weighted by molar-refractivity contribution is 6.07. The molecule has 7 heteroatoms. The van der Waals surface area contributed by atoms with Crippen molar-refractivity contribution in [2.75, 3.05) is 11.9 Å². The molecule has 32 heavy (non-hydrogen) atoms. The van der Waals surface area contributed by atoms with Gasteiger partial charge in [0, 0.05) is 5.56 Å². The van der Waals surface area contributed by atoms with Crippen LogP contribution in [0.2, 0.25) is 0 Å². The van der Waals surface area contributed by atoms with Crippen LogP contribution in [0.3, 0.4) is 0 Å². The number of halogens is 1. The van der Waals surface area contributed by atoms with Gasteiger partial charge in [0.15, 0.2) is 0 Å². The topological polar surface area (TPSA) is 79.8 Å². The molecule has 0 aliphatic carbocycles. The molecule has 0 aromatic heterocycles. The summed E-state index contributed by atoms with van der Waals surface area (Å²) in [4.78, 5) is 24.7. The summed E-state index contributed by atoms with van der Waals surface area (Å²) in [5, 5.41) is 8.41. The zero-order valence-electron chi connectivity index (χ0n) is 18.1. The lowest BCUT2D eigenvalue weighted by Gasteiger charge is -2.12. The van der Waals surface area contributed by atoms with E-state index in [9.17, 15) is 14.0 Å². The lowest BCUT2D eigenvalue weighted by Crippen LogP contribution is -2.34. The van der Waals surface area contributed by atoms with Gasteiger partial charge in [-0.2, -0.15) is 5.10 Å². The summed E-state index contributed by atoms with van der Waals surface area (Å²) >= 11 is 0. The zero-order chi connectivity index (χ0) is 22.9. The van der Waals surface area contributed by atoms with Crippen molar-refractivity contribution >= 4 is 34.5 Å². The van der Waals surface area contributed by atoms with E-state index in [1.165, 1.54) is 31.3 Å². The van der Waals surface area contributed by atoms with E-state index in [2.05, 4.69) is 22.8 Å². The molecule has 3 rings (SSSR count). The molecule has 0 saturated carbocycles. The predicted octanol–water partition coefficient (Wildman–Crippen LogP) is 4.88. The van der Waals surface area contributed by atoms with Gasteiger partial charge in [0.25, 0.3) is 5.91 Å². The number of amides is 2. The van der Waals surface area contributed by atoms with Gasteiger partial charge in [-0.3, -0.25) is 9.59 Å². The number of fused-ring (bicyclic) bond motifs is 1. The van der Waals surface area contributed by atoms with Crippen molar-refractivity contribution in [1.82, 2.24) is 5.43 Å². The molecule has 0 aliphatic rings. The van der Waals surface area contributed by atoms with Gasteiger partial charge in [-0.05, 0) is 42.3 Å². The van der Waals surface area contributed by atoms with E-state index < -0.39 is 23.5 Å². The molecule has 166 valence electrons. The summed E-state index contributed by atoms with van der Waals surface area (Å²) in [5.41, 5.74) is 3.15. The number of para-hydroxylation sites is 1. The summed E-state index contributed by atoms with van der Waals surface area (Å²) in [6.07, 6.45) is 3.46. The fourth-order valence-corrected chi connectivity index (χ4v) is 3.04. The van der Waals surface area contributed by atoms with Crippen LogP contribution in [0, 0.1) is 11.7 Å². The number of hydrogen-bond acceptors (Lipinski definition) is 4. The van der Waals surface area contributed by atoms with E-state index in [0.717, 1.165) is 29.2 Å². The van der Waals surface area contributed by atoms with Gasteiger partial charge < -0.3 is 10.1 Å². The van der Waals surface area contributed by atoms with Gasteiger partial charge in [0.1, 0.15) is 17.5 Å². The Hall–Kier alpha value is -3.74. The Bertz CT molecular complexity index is 1130. The molecule has 0 fully saturated rings. The zero-order valence-corrected chi connectivity index (χ0v) is 18.1. The Labute approximate surface area is 186 Å². The SMILES string of the molecule is CCCCOc1ccc2ccccc2c1C=NNC(=O)C(C)C(=O)Nc1ccccc1F. The average Bonchev–Trinajstić information content (AvgIpc) is 2.81. The number of carbonyl (C=O) groups excluding carboxylic acids is 2. The van der Waals surface area contributed by atoms with Crippen LogP contribution in [0.25, 0.3) is 10.8 Å². The number of hydrazone groups is 1. The number of nitrogens with one attached hydrogen (secondary N) is 2. The van der Waals surface area contributed by atoms with E-state index in [-0.39, 0.29) is 5.69 Å². The molecule has 0 saturated heterocycles. The van der Waals surface area contributed by atoms with Crippen LogP contribution in [-0.2, 0) is 9.59 Å². The number of anilines is 1. The number of rotatable bonds is 9. The molecule has 1 atom stereocenters. The maximum absolute atomic E-state index is 13.7. The molecule has 0 spiro atoms. The third kappa shape index (κ3) is 5.69. The van der Waals surface area contributed by atoms with Crippen LogP contribution in [0.15, 0.2) is 65.8 Å². The molecule has 1 unspecified atom stereocenters. The van der Waals surface area contributed by atoms with Crippen molar-refractivity contribution < 1.29 is 18.7 Å². The third-order valence-corrected chi connectivity index (χ3v) is 4.97. The molecule has 6 nitrogen and oxygen atoms in total. The summed E-state index contributed by atoms with van der Waals surface area (Å²) in [6.45, 7) is 4.10. The van der Waals surface area contributed by atoms with Gasteiger partial charge in [-0.15, -0.1) is 0 Å². The third-order valence-electron chi connectivity index (χ3n) is 4.97. The van der Waals surface area contributed by atoms with Crippen molar-refractivity contribution in [3.05, 3.63) is 72.0 Å². The fourth-order valence-electron chi connectivity index (χ4n) is 3.04. The minimum absolute atomic E-state index is 0.0188. The first-order valence-corrected chi connectivity index (χ1v) is 10.5. The lowest BCUT2D eigenvalue weighted by molar-refractivity contribution is -0.131. The summed E-state index contributed by atoms with van der Waals surface area (Å²) in [5.74, 6) is -2.21. The molecule has 3 aromatic carbocycles. The highest BCUT2D eigenvalue weighted by atomic mass is 19.1. The van der Waals surface area contributed by atoms with Crippen molar-refractivity contribution in [2.24, 2.45) is 11.0 Å². The summed E-state index contributed by atoms with van der Waals surface area (Å²) < 4.78 is 19.6. The molecule has 0 bridgehead atoms. The number of ether oxygens (including phenoxy) is 1. The first kappa shape index (κ1) is 22.9. The number of carbonyl (C=O) groups is 2. The number of unbranched alkanes of at least 4 members (excludes halogenated alkanes) is 1. The molecular weight excluding hydrogens is 409 g/mol. The van der Waals surface area contributed by atoms with Crippen molar-refractivity contribution in [1.29, 1.82) is 0 Å². The van der Waals surface area contributed by atoms with Gasteiger partial charge in [-0.1, -0.05) is 55.8 Å². The Kier molecular flexibility index (Phi) is 7.91. The first-order chi connectivity index (χ1) is 15.5. The van der Waals surface area contributed by atoms with Gasteiger partial charge >= 0.3 is 0 Å². The summed E-state index contributed by atoms with van der Waals surface area (Å²) in [6, 6.07) is 17.4. The maximum atomic E-state index is 13.7. The van der Waals surface area contributed by atoms with Crippen molar-refractivity contribution in [3.63, 3.8) is 0 Å². The molecule has 2 amide bonds. The smallest absolute Gasteiger partial charge is 0.252 e. The Morgan fingerprint density at radius 3 is 2.59 bits per heavy atom. The molecule has 2 N–H and O–H groups in total. The van der Waals surface area contributed by atoms with Crippen LogP contribution in [0.1, 0.15) is 32.3 Å². The van der Waals surface area contributed by atoms with E-state index in [1.807, 2.05) is 36.4 Å². The summed E-state index contributed by atoms with van der Waals surface area (Å²) in [7, 11) is 0. The monoisotopic (exact) mass is 435 g/mol. The van der Waals surface area contributed by atoms with Gasteiger partial charge in [0.2, 0.25) is 5.91 Å². The van der Waals surface area contributed by atoms with Crippen molar-refractivity contribution in [3.8, 4) is 5.75 Å². The average molecular weight is 435 g/mol. The van der Waals surface area contributed by atoms with Gasteiger partial charge in [-0.25, -0.2) is 9.82 Å². The highest BCUT2D eigenvalue weighted by Gasteiger charge is 2.22. The minimum Gasteiger partial charge on any atom is -0.493 e. The first-order valence-electron chi connectivity index (χ1n) is 10.5. The second-order valence-electron chi connectivity index (χ2n) is 7.33. The van der Waals surface area contributed by atoms with E-state index in [4.69, 9.17) is 4.74 Å². The maximum Gasteiger partial charge on any atom is 0.252 e. The number of hydrogen-bond donors (Lipinski definition) is 2. The number of nitrogens with zero attached hydrogens (tertiary/aromatic N) is 1. The Morgan fingerprint density at radius 1 is 1.06 bits per heavy atom. The Balaban J connectivity index is 1.71. The quantitative estimate of drug-likeness (QED) is 0.218. The van der Waals surface area contributed by atoms with Gasteiger partial charge in [0.05, 0.1) is 18.5 Å². The van der Waals surface area contributed by atoms with Crippen LogP contribution in [0.5, 0.6) is 5.75 Å². The number of benzene rings is 3. The van der Waals surface area contributed by atoms with Crippen LogP contribution in [0.4, 0.5) is 10.1 Å². The molecule has 0 aliphatic heterocycles. The second kappa shape index (κ2) is 11.0.